The maximum atomic E-state index is 11.4. The summed E-state index contributed by atoms with van der Waals surface area (Å²) in [6, 6.07) is 5.81. The van der Waals surface area contributed by atoms with E-state index in [0.29, 0.717) is 0 Å². The molecule has 4 heteroatoms. The molecule has 1 rings (SSSR count). The summed E-state index contributed by atoms with van der Waals surface area (Å²) in [6.07, 6.45) is 2.58. The van der Waals surface area contributed by atoms with Gasteiger partial charge >= 0.3 is 5.97 Å². The molecule has 94 valence electrons. The second-order valence-corrected chi connectivity index (χ2v) is 4.83. The van der Waals surface area contributed by atoms with E-state index in [-0.39, 0.29) is 12.5 Å². The SMILES string of the molecule is CC(C)(C)OC(=O)CNCCc1ccccn1. The highest BCUT2D eigenvalue weighted by molar-refractivity contribution is 5.72. The van der Waals surface area contributed by atoms with Crippen molar-refractivity contribution >= 4 is 5.97 Å². The molecular formula is C13H20N2O2. The van der Waals surface area contributed by atoms with Crippen LogP contribution >= 0.6 is 0 Å². The van der Waals surface area contributed by atoms with Crippen molar-refractivity contribution in [3.63, 3.8) is 0 Å². The van der Waals surface area contributed by atoms with Crippen LogP contribution in [0.2, 0.25) is 0 Å². The monoisotopic (exact) mass is 236 g/mol. The number of rotatable bonds is 5. The van der Waals surface area contributed by atoms with Gasteiger partial charge in [0.1, 0.15) is 5.60 Å². The third kappa shape index (κ3) is 6.68. The zero-order valence-corrected chi connectivity index (χ0v) is 10.7. The lowest BCUT2D eigenvalue weighted by Gasteiger charge is -2.19. The van der Waals surface area contributed by atoms with Gasteiger partial charge < -0.3 is 10.1 Å². The fraction of sp³-hybridized carbons (Fsp3) is 0.538. The largest absolute Gasteiger partial charge is 0.459 e. The van der Waals surface area contributed by atoms with Crippen molar-refractivity contribution in [3.8, 4) is 0 Å². The third-order valence-corrected chi connectivity index (χ3v) is 1.97. The van der Waals surface area contributed by atoms with Crippen molar-refractivity contribution < 1.29 is 9.53 Å². The first-order chi connectivity index (χ1) is 7.97. The standard InChI is InChI=1S/C13H20N2O2/c1-13(2,3)17-12(16)10-14-9-7-11-6-4-5-8-15-11/h4-6,8,14H,7,9-10H2,1-3H3. The summed E-state index contributed by atoms with van der Waals surface area (Å²) in [4.78, 5) is 15.6. The number of hydrogen-bond donors (Lipinski definition) is 1. The number of pyridine rings is 1. The molecule has 0 aromatic carbocycles. The molecule has 1 heterocycles. The van der Waals surface area contributed by atoms with Crippen LogP contribution in [0.1, 0.15) is 26.5 Å². The van der Waals surface area contributed by atoms with E-state index in [2.05, 4.69) is 10.3 Å². The van der Waals surface area contributed by atoms with Crippen LogP contribution in [-0.2, 0) is 16.0 Å². The zero-order valence-electron chi connectivity index (χ0n) is 10.7. The van der Waals surface area contributed by atoms with Gasteiger partial charge in [-0.2, -0.15) is 0 Å². The van der Waals surface area contributed by atoms with Crippen LogP contribution in [0, 0.1) is 0 Å². The number of nitrogens with zero attached hydrogens (tertiary/aromatic N) is 1. The topological polar surface area (TPSA) is 51.2 Å². The number of ether oxygens (including phenoxy) is 1. The van der Waals surface area contributed by atoms with Crippen molar-refractivity contribution in [2.75, 3.05) is 13.1 Å². The highest BCUT2D eigenvalue weighted by Crippen LogP contribution is 2.06. The van der Waals surface area contributed by atoms with Crippen LogP contribution in [0.3, 0.4) is 0 Å². The van der Waals surface area contributed by atoms with E-state index in [1.807, 2.05) is 39.0 Å². The minimum Gasteiger partial charge on any atom is -0.459 e. The maximum Gasteiger partial charge on any atom is 0.320 e. The zero-order chi connectivity index (χ0) is 12.7. The summed E-state index contributed by atoms with van der Waals surface area (Å²) in [5, 5.41) is 3.04. The third-order valence-electron chi connectivity index (χ3n) is 1.97. The molecule has 0 radical (unpaired) electrons. The van der Waals surface area contributed by atoms with Gasteiger partial charge in [0.05, 0.1) is 6.54 Å². The molecular weight excluding hydrogens is 216 g/mol. The molecule has 1 N–H and O–H groups in total. The smallest absolute Gasteiger partial charge is 0.320 e. The first kappa shape index (κ1) is 13.6. The number of aromatic nitrogens is 1. The summed E-state index contributed by atoms with van der Waals surface area (Å²) < 4.78 is 5.17. The number of esters is 1. The Hall–Kier alpha value is -1.42. The summed E-state index contributed by atoms with van der Waals surface area (Å²) in [5.74, 6) is -0.224. The number of carbonyl (C=O) groups excluding carboxylic acids is 1. The molecule has 0 aliphatic carbocycles. The van der Waals surface area contributed by atoms with Gasteiger partial charge in [-0.25, -0.2) is 0 Å². The Bertz CT molecular complexity index is 344. The first-order valence-electron chi connectivity index (χ1n) is 5.80. The van der Waals surface area contributed by atoms with E-state index in [1.165, 1.54) is 0 Å². The predicted octanol–water partition coefficient (Wildman–Crippen LogP) is 1.56. The molecule has 4 nitrogen and oxygen atoms in total. The average molecular weight is 236 g/mol. The summed E-state index contributed by atoms with van der Waals surface area (Å²) in [6.45, 7) is 6.54. The first-order valence-corrected chi connectivity index (χ1v) is 5.80. The van der Waals surface area contributed by atoms with Crippen molar-refractivity contribution in [2.24, 2.45) is 0 Å². The van der Waals surface area contributed by atoms with E-state index in [9.17, 15) is 4.79 Å². The van der Waals surface area contributed by atoms with E-state index < -0.39 is 5.60 Å². The summed E-state index contributed by atoms with van der Waals surface area (Å²) >= 11 is 0. The fourth-order valence-electron chi connectivity index (χ4n) is 1.33. The lowest BCUT2D eigenvalue weighted by molar-refractivity contribution is -0.153. The van der Waals surface area contributed by atoms with Gasteiger partial charge in [0, 0.05) is 24.9 Å². The van der Waals surface area contributed by atoms with Gasteiger partial charge in [0.25, 0.3) is 0 Å². The average Bonchev–Trinajstić information content (AvgIpc) is 2.23. The second kappa shape index (κ2) is 6.35. The van der Waals surface area contributed by atoms with Crippen LogP contribution in [-0.4, -0.2) is 29.6 Å². The van der Waals surface area contributed by atoms with Crippen molar-refractivity contribution in [1.29, 1.82) is 0 Å². The summed E-state index contributed by atoms with van der Waals surface area (Å²) in [5.41, 5.74) is 0.601. The molecule has 17 heavy (non-hydrogen) atoms. The predicted molar refractivity (Wildman–Crippen MR) is 66.7 cm³/mol. The quantitative estimate of drug-likeness (QED) is 0.622. The Morgan fingerprint density at radius 3 is 2.76 bits per heavy atom. The van der Waals surface area contributed by atoms with E-state index >= 15 is 0 Å². The molecule has 0 saturated carbocycles. The Kier molecular flexibility index (Phi) is 5.10. The number of nitrogens with one attached hydrogen (secondary N) is 1. The second-order valence-electron chi connectivity index (χ2n) is 4.83. The minimum absolute atomic E-state index is 0.224. The van der Waals surface area contributed by atoms with Crippen molar-refractivity contribution in [1.82, 2.24) is 10.3 Å². The molecule has 1 aromatic rings. The van der Waals surface area contributed by atoms with Crippen molar-refractivity contribution in [3.05, 3.63) is 30.1 Å². The molecule has 0 aliphatic rings. The summed E-state index contributed by atoms with van der Waals surface area (Å²) in [7, 11) is 0. The molecule has 0 amide bonds. The molecule has 0 saturated heterocycles. The highest BCUT2D eigenvalue weighted by atomic mass is 16.6. The molecule has 0 aliphatic heterocycles. The van der Waals surface area contributed by atoms with Gasteiger partial charge in [-0.15, -0.1) is 0 Å². The van der Waals surface area contributed by atoms with Crippen molar-refractivity contribution in [2.45, 2.75) is 32.8 Å². The maximum absolute atomic E-state index is 11.4. The Balaban J connectivity index is 2.14. The van der Waals surface area contributed by atoms with Crippen LogP contribution in [0.5, 0.6) is 0 Å². The molecule has 1 aromatic heterocycles. The van der Waals surface area contributed by atoms with Crippen LogP contribution < -0.4 is 5.32 Å². The van der Waals surface area contributed by atoms with E-state index in [1.54, 1.807) is 6.20 Å². The fourth-order valence-corrected chi connectivity index (χ4v) is 1.33. The van der Waals surface area contributed by atoms with Gasteiger partial charge in [-0.1, -0.05) is 6.07 Å². The number of hydrogen-bond acceptors (Lipinski definition) is 4. The van der Waals surface area contributed by atoms with Crippen LogP contribution in [0.15, 0.2) is 24.4 Å². The van der Waals surface area contributed by atoms with E-state index in [4.69, 9.17) is 4.74 Å². The molecule has 0 atom stereocenters. The molecule has 0 spiro atoms. The van der Waals surface area contributed by atoms with E-state index in [0.717, 1.165) is 18.7 Å². The normalized spacial score (nSPS) is 11.2. The molecule has 0 bridgehead atoms. The van der Waals surface area contributed by atoms with Gasteiger partial charge in [0.15, 0.2) is 0 Å². The Labute approximate surface area is 102 Å². The Morgan fingerprint density at radius 1 is 1.41 bits per heavy atom. The number of carbonyl (C=O) groups is 1. The molecule has 0 fully saturated rings. The minimum atomic E-state index is -0.417. The highest BCUT2D eigenvalue weighted by Gasteiger charge is 2.15. The van der Waals surface area contributed by atoms with Gasteiger partial charge in [0.2, 0.25) is 0 Å². The lowest BCUT2D eigenvalue weighted by atomic mass is 10.2. The Morgan fingerprint density at radius 2 is 2.18 bits per heavy atom. The lowest BCUT2D eigenvalue weighted by Crippen LogP contribution is -2.32. The van der Waals surface area contributed by atoms with Crippen LogP contribution in [0.25, 0.3) is 0 Å². The van der Waals surface area contributed by atoms with Crippen LogP contribution in [0.4, 0.5) is 0 Å². The van der Waals surface area contributed by atoms with Gasteiger partial charge in [-0.3, -0.25) is 9.78 Å². The molecule has 0 unspecified atom stereocenters. The van der Waals surface area contributed by atoms with Gasteiger partial charge in [-0.05, 0) is 32.9 Å².